The van der Waals surface area contributed by atoms with Gasteiger partial charge in [-0.15, -0.1) is 0 Å². The van der Waals surface area contributed by atoms with Crippen LogP contribution in [0, 0.1) is 6.92 Å². The summed E-state index contributed by atoms with van der Waals surface area (Å²) in [6.07, 6.45) is 0. The maximum absolute atomic E-state index is 11.2. The van der Waals surface area contributed by atoms with Crippen molar-refractivity contribution < 1.29 is 9.90 Å². The number of hydrogen-bond donors (Lipinski definition) is 3. The molecule has 0 aliphatic rings. The van der Waals surface area contributed by atoms with Gasteiger partial charge in [-0.3, -0.25) is 9.78 Å². The number of carbonyl (C=O) groups is 1. The number of nitrogens with zero attached hydrogens (tertiary/aromatic N) is 1. The standard InChI is InChI=1S/C12H11N3O3/c1-7-5-10(16)15-12(13-7)14-9-4-2-3-8(6-9)11(17)18/h2-6H,1H3,(H,17,18)(H2,13,14,15,16). The van der Waals surface area contributed by atoms with E-state index in [0.29, 0.717) is 11.4 Å². The molecule has 0 fully saturated rings. The molecule has 18 heavy (non-hydrogen) atoms. The normalized spacial score (nSPS) is 10.1. The number of rotatable bonds is 3. The molecule has 6 heteroatoms. The number of aryl methyl sites for hydroxylation is 1. The fraction of sp³-hybridized carbons (Fsp3) is 0.0833. The summed E-state index contributed by atoms with van der Waals surface area (Å²) in [7, 11) is 0. The summed E-state index contributed by atoms with van der Waals surface area (Å²) in [5.74, 6) is -0.730. The van der Waals surface area contributed by atoms with Gasteiger partial charge < -0.3 is 10.4 Å². The number of hydrogen-bond acceptors (Lipinski definition) is 4. The maximum atomic E-state index is 11.2. The number of carboxylic acid groups (broad SMARTS) is 1. The zero-order chi connectivity index (χ0) is 13.1. The van der Waals surface area contributed by atoms with Gasteiger partial charge in [0.15, 0.2) is 0 Å². The Kier molecular flexibility index (Phi) is 3.09. The van der Waals surface area contributed by atoms with E-state index in [1.54, 1.807) is 19.1 Å². The van der Waals surface area contributed by atoms with E-state index in [1.807, 2.05) is 0 Å². The van der Waals surface area contributed by atoms with Crippen molar-refractivity contribution in [2.24, 2.45) is 0 Å². The van der Waals surface area contributed by atoms with Crippen LogP contribution in [-0.4, -0.2) is 21.0 Å². The Morgan fingerprint density at radius 2 is 2.17 bits per heavy atom. The van der Waals surface area contributed by atoms with E-state index in [1.165, 1.54) is 18.2 Å². The lowest BCUT2D eigenvalue weighted by Gasteiger charge is -2.06. The lowest BCUT2D eigenvalue weighted by molar-refractivity contribution is 0.0697. The summed E-state index contributed by atoms with van der Waals surface area (Å²) in [5.41, 5.74) is 1.02. The molecule has 0 aliphatic carbocycles. The summed E-state index contributed by atoms with van der Waals surface area (Å²) in [6.45, 7) is 1.70. The summed E-state index contributed by atoms with van der Waals surface area (Å²) < 4.78 is 0. The number of aromatic carboxylic acids is 1. The number of nitrogens with one attached hydrogen (secondary N) is 2. The Balaban J connectivity index is 2.31. The highest BCUT2D eigenvalue weighted by molar-refractivity contribution is 5.88. The third kappa shape index (κ3) is 2.73. The number of aromatic amines is 1. The Morgan fingerprint density at radius 3 is 2.83 bits per heavy atom. The molecule has 0 spiro atoms. The van der Waals surface area contributed by atoms with Gasteiger partial charge in [0, 0.05) is 17.4 Å². The predicted octanol–water partition coefficient (Wildman–Crippen LogP) is 1.52. The molecule has 1 aromatic carbocycles. The van der Waals surface area contributed by atoms with Crippen LogP contribution in [0.5, 0.6) is 0 Å². The van der Waals surface area contributed by atoms with Gasteiger partial charge in [0.1, 0.15) is 0 Å². The number of anilines is 2. The van der Waals surface area contributed by atoms with Crippen molar-refractivity contribution in [3.63, 3.8) is 0 Å². The number of aromatic nitrogens is 2. The van der Waals surface area contributed by atoms with Crippen molar-refractivity contribution in [2.45, 2.75) is 6.92 Å². The minimum absolute atomic E-state index is 0.162. The highest BCUT2D eigenvalue weighted by Gasteiger charge is 2.04. The molecule has 2 rings (SSSR count). The first kappa shape index (κ1) is 11.8. The Morgan fingerprint density at radius 1 is 1.39 bits per heavy atom. The van der Waals surface area contributed by atoms with E-state index in [-0.39, 0.29) is 17.1 Å². The highest BCUT2D eigenvalue weighted by Crippen LogP contribution is 2.14. The molecule has 1 aromatic heterocycles. The van der Waals surface area contributed by atoms with Crippen molar-refractivity contribution >= 4 is 17.6 Å². The Labute approximate surface area is 102 Å². The molecule has 0 atom stereocenters. The van der Waals surface area contributed by atoms with Crippen molar-refractivity contribution in [2.75, 3.05) is 5.32 Å². The Bertz CT molecular complexity index is 649. The van der Waals surface area contributed by atoms with Crippen LogP contribution in [0.2, 0.25) is 0 Å². The summed E-state index contributed by atoms with van der Waals surface area (Å²) in [5, 5.41) is 11.7. The molecule has 92 valence electrons. The molecule has 3 N–H and O–H groups in total. The first-order valence-corrected chi connectivity index (χ1v) is 5.23. The monoisotopic (exact) mass is 245 g/mol. The van der Waals surface area contributed by atoms with Gasteiger partial charge >= 0.3 is 5.97 Å². The third-order valence-corrected chi connectivity index (χ3v) is 2.24. The fourth-order valence-electron chi connectivity index (χ4n) is 1.50. The van der Waals surface area contributed by atoms with Gasteiger partial charge in [-0.25, -0.2) is 9.78 Å². The molecule has 0 amide bonds. The summed E-state index contributed by atoms with van der Waals surface area (Å²) in [6, 6.07) is 7.62. The second kappa shape index (κ2) is 4.70. The zero-order valence-corrected chi connectivity index (χ0v) is 9.60. The van der Waals surface area contributed by atoms with Crippen LogP contribution >= 0.6 is 0 Å². The topological polar surface area (TPSA) is 95.1 Å². The average Bonchev–Trinajstić information content (AvgIpc) is 2.27. The van der Waals surface area contributed by atoms with Crippen LogP contribution in [0.4, 0.5) is 11.6 Å². The lowest BCUT2D eigenvalue weighted by Crippen LogP contribution is -2.10. The van der Waals surface area contributed by atoms with E-state index in [2.05, 4.69) is 15.3 Å². The average molecular weight is 245 g/mol. The number of carboxylic acids is 1. The quantitative estimate of drug-likeness (QED) is 0.762. The van der Waals surface area contributed by atoms with E-state index in [0.717, 1.165) is 0 Å². The van der Waals surface area contributed by atoms with Gasteiger partial charge in [0.25, 0.3) is 5.56 Å². The molecule has 6 nitrogen and oxygen atoms in total. The van der Waals surface area contributed by atoms with Gasteiger partial charge in [-0.2, -0.15) is 0 Å². The minimum atomic E-state index is -1.01. The van der Waals surface area contributed by atoms with Gasteiger partial charge in [-0.1, -0.05) is 6.07 Å². The molecule has 0 aliphatic heterocycles. The first-order chi connectivity index (χ1) is 8.54. The predicted molar refractivity (Wildman–Crippen MR) is 66.3 cm³/mol. The summed E-state index contributed by atoms with van der Waals surface area (Å²) in [4.78, 5) is 28.7. The second-order valence-corrected chi connectivity index (χ2v) is 3.75. The van der Waals surface area contributed by atoms with Crippen LogP contribution in [0.15, 0.2) is 35.1 Å². The smallest absolute Gasteiger partial charge is 0.335 e. The second-order valence-electron chi connectivity index (χ2n) is 3.75. The zero-order valence-electron chi connectivity index (χ0n) is 9.60. The molecule has 2 aromatic rings. The molecular weight excluding hydrogens is 234 g/mol. The van der Waals surface area contributed by atoms with E-state index >= 15 is 0 Å². The molecule has 0 unspecified atom stereocenters. The van der Waals surface area contributed by atoms with Crippen LogP contribution in [0.1, 0.15) is 16.1 Å². The number of benzene rings is 1. The molecule has 0 saturated carbocycles. The van der Waals surface area contributed by atoms with Crippen molar-refractivity contribution in [1.29, 1.82) is 0 Å². The van der Waals surface area contributed by atoms with E-state index < -0.39 is 5.97 Å². The van der Waals surface area contributed by atoms with Gasteiger partial charge in [0.2, 0.25) is 5.95 Å². The van der Waals surface area contributed by atoms with Crippen molar-refractivity contribution in [3.05, 3.63) is 51.9 Å². The minimum Gasteiger partial charge on any atom is -0.478 e. The third-order valence-electron chi connectivity index (χ3n) is 2.24. The van der Waals surface area contributed by atoms with Crippen LogP contribution < -0.4 is 10.9 Å². The van der Waals surface area contributed by atoms with Gasteiger partial charge in [-0.05, 0) is 25.1 Å². The van der Waals surface area contributed by atoms with Crippen molar-refractivity contribution in [3.8, 4) is 0 Å². The van der Waals surface area contributed by atoms with Crippen LogP contribution in [0.3, 0.4) is 0 Å². The van der Waals surface area contributed by atoms with E-state index in [4.69, 9.17) is 5.11 Å². The van der Waals surface area contributed by atoms with Crippen LogP contribution in [-0.2, 0) is 0 Å². The lowest BCUT2D eigenvalue weighted by atomic mass is 10.2. The maximum Gasteiger partial charge on any atom is 0.335 e. The number of H-pyrrole nitrogens is 1. The van der Waals surface area contributed by atoms with E-state index in [9.17, 15) is 9.59 Å². The largest absolute Gasteiger partial charge is 0.478 e. The molecule has 0 bridgehead atoms. The Hall–Kier alpha value is -2.63. The molecule has 0 radical (unpaired) electrons. The first-order valence-electron chi connectivity index (χ1n) is 5.23. The summed E-state index contributed by atoms with van der Waals surface area (Å²) >= 11 is 0. The fourth-order valence-corrected chi connectivity index (χ4v) is 1.50. The highest BCUT2D eigenvalue weighted by atomic mass is 16.4. The van der Waals surface area contributed by atoms with Crippen LogP contribution in [0.25, 0.3) is 0 Å². The molecule has 0 saturated heterocycles. The molecule has 1 heterocycles. The van der Waals surface area contributed by atoms with Crippen molar-refractivity contribution in [1.82, 2.24) is 9.97 Å². The van der Waals surface area contributed by atoms with Gasteiger partial charge in [0.05, 0.1) is 5.56 Å². The SMILES string of the molecule is Cc1cc(=O)[nH]c(Nc2cccc(C(=O)O)c2)n1. The molecular formula is C12H11N3O3.